The molecular formula is C11H13F2NO2. The van der Waals surface area contributed by atoms with Gasteiger partial charge in [0.1, 0.15) is 11.6 Å². The van der Waals surface area contributed by atoms with Crippen molar-refractivity contribution in [3.8, 4) is 0 Å². The maximum atomic E-state index is 13.3. The fraction of sp³-hybridized carbons (Fsp3) is 0.364. The van der Waals surface area contributed by atoms with Crippen molar-refractivity contribution in [3.05, 3.63) is 35.4 Å². The van der Waals surface area contributed by atoms with Crippen LogP contribution in [-0.2, 0) is 11.2 Å². The first-order chi connectivity index (χ1) is 7.40. The van der Waals surface area contributed by atoms with Gasteiger partial charge < -0.3 is 10.8 Å². The first kappa shape index (κ1) is 12.6. The average molecular weight is 229 g/mol. The largest absolute Gasteiger partial charge is 0.481 e. The minimum Gasteiger partial charge on any atom is -0.481 e. The molecule has 0 bridgehead atoms. The second kappa shape index (κ2) is 4.57. The normalized spacial score (nSPS) is 14.5. The molecule has 0 saturated heterocycles. The van der Waals surface area contributed by atoms with Gasteiger partial charge in [0.05, 0.1) is 5.41 Å². The number of hydrogen-bond acceptors (Lipinski definition) is 2. The Bertz CT molecular complexity index is 389. The first-order valence-electron chi connectivity index (χ1n) is 4.77. The monoisotopic (exact) mass is 229 g/mol. The van der Waals surface area contributed by atoms with Crippen molar-refractivity contribution >= 4 is 5.97 Å². The van der Waals surface area contributed by atoms with Crippen LogP contribution in [0.3, 0.4) is 0 Å². The Morgan fingerprint density at radius 1 is 1.44 bits per heavy atom. The maximum Gasteiger partial charge on any atom is 0.310 e. The zero-order chi connectivity index (χ0) is 12.3. The molecule has 0 saturated carbocycles. The summed E-state index contributed by atoms with van der Waals surface area (Å²) in [6.07, 6.45) is -0.267. The van der Waals surface area contributed by atoms with Crippen LogP contribution in [0.15, 0.2) is 18.2 Å². The zero-order valence-corrected chi connectivity index (χ0v) is 8.84. The van der Waals surface area contributed by atoms with Crippen molar-refractivity contribution in [2.75, 3.05) is 6.54 Å². The van der Waals surface area contributed by atoms with Crippen LogP contribution in [0.5, 0.6) is 0 Å². The van der Waals surface area contributed by atoms with E-state index < -0.39 is 23.0 Å². The Balaban J connectivity index is 3.08. The smallest absolute Gasteiger partial charge is 0.310 e. The molecule has 1 aromatic rings. The number of rotatable bonds is 4. The van der Waals surface area contributed by atoms with E-state index in [1.807, 2.05) is 0 Å². The summed E-state index contributed by atoms with van der Waals surface area (Å²) in [5, 5.41) is 8.95. The number of nitrogens with two attached hydrogens (primary N) is 1. The molecule has 0 spiro atoms. The topological polar surface area (TPSA) is 63.3 Å². The molecule has 3 N–H and O–H groups in total. The third-order valence-electron chi connectivity index (χ3n) is 2.60. The predicted molar refractivity (Wildman–Crippen MR) is 54.9 cm³/mol. The first-order valence-corrected chi connectivity index (χ1v) is 4.77. The lowest BCUT2D eigenvalue weighted by Gasteiger charge is -2.23. The molecule has 5 heteroatoms. The highest BCUT2D eigenvalue weighted by molar-refractivity contribution is 5.74. The predicted octanol–water partition coefficient (Wildman–Crippen LogP) is 1.56. The van der Waals surface area contributed by atoms with E-state index in [0.29, 0.717) is 0 Å². The Morgan fingerprint density at radius 2 is 1.94 bits per heavy atom. The van der Waals surface area contributed by atoms with Crippen LogP contribution >= 0.6 is 0 Å². The summed E-state index contributed by atoms with van der Waals surface area (Å²) in [5.41, 5.74) is 3.73. The van der Waals surface area contributed by atoms with Gasteiger partial charge >= 0.3 is 5.97 Å². The second-order valence-electron chi connectivity index (χ2n) is 3.95. The molecule has 0 aliphatic carbocycles. The molecule has 0 aliphatic heterocycles. The SMILES string of the molecule is CC(CN)(Cc1c(F)cccc1F)C(=O)O. The molecule has 0 fully saturated rings. The van der Waals surface area contributed by atoms with Crippen LogP contribution in [-0.4, -0.2) is 17.6 Å². The van der Waals surface area contributed by atoms with Gasteiger partial charge in [0.25, 0.3) is 0 Å². The number of carbonyl (C=O) groups is 1. The fourth-order valence-electron chi connectivity index (χ4n) is 1.33. The van der Waals surface area contributed by atoms with Gasteiger partial charge in [-0.3, -0.25) is 4.79 Å². The number of hydrogen-bond donors (Lipinski definition) is 2. The van der Waals surface area contributed by atoms with E-state index in [2.05, 4.69) is 0 Å². The van der Waals surface area contributed by atoms with E-state index in [1.54, 1.807) is 0 Å². The number of carboxylic acids is 1. The van der Waals surface area contributed by atoms with Crippen molar-refractivity contribution in [1.82, 2.24) is 0 Å². The number of aliphatic carboxylic acids is 1. The van der Waals surface area contributed by atoms with Crippen molar-refractivity contribution in [1.29, 1.82) is 0 Å². The van der Waals surface area contributed by atoms with E-state index in [-0.39, 0.29) is 18.5 Å². The highest BCUT2D eigenvalue weighted by atomic mass is 19.1. The van der Waals surface area contributed by atoms with E-state index in [1.165, 1.54) is 13.0 Å². The summed E-state index contributed by atoms with van der Waals surface area (Å²) in [4.78, 5) is 11.0. The molecule has 88 valence electrons. The molecule has 1 atom stereocenters. The second-order valence-corrected chi connectivity index (χ2v) is 3.95. The maximum absolute atomic E-state index is 13.3. The quantitative estimate of drug-likeness (QED) is 0.823. The molecule has 0 aliphatic rings. The molecule has 1 unspecified atom stereocenters. The highest BCUT2D eigenvalue weighted by Crippen LogP contribution is 2.25. The summed E-state index contributed by atoms with van der Waals surface area (Å²) in [7, 11) is 0. The van der Waals surface area contributed by atoms with Crippen molar-refractivity contribution in [3.63, 3.8) is 0 Å². The molecule has 1 rings (SSSR count). The molecule has 0 heterocycles. The van der Waals surface area contributed by atoms with Gasteiger partial charge in [-0.25, -0.2) is 8.78 Å². The van der Waals surface area contributed by atoms with Gasteiger partial charge in [-0.05, 0) is 25.5 Å². The molecule has 16 heavy (non-hydrogen) atoms. The Kier molecular flexibility index (Phi) is 3.59. The zero-order valence-electron chi connectivity index (χ0n) is 8.84. The highest BCUT2D eigenvalue weighted by Gasteiger charge is 2.33. The van der Waals surface area contributed by atoms with Gasteiger partial charge in [-0.15, -0.1) is 0 Å². The third-order valence-corrected chi connectivity index (χ3v) is 2.60. The van der Waals surface area contributed by atoms with Crippen LogP contribution < -0.4 is 5.73 Å². The summed E-state index contributed by atoms with van der Waals surface area (Å²) < 4.78 is 26.6. The molecule has 3 nitrogen and oxygen atoms in total. The van der Waals surface area contributed by atoms with E-state index in [0.717, 1.165) is 12.1 Å². The van der Waals surface area contributed by atoms with Gasteiger partial charge in [0, 0.05) is 12.1 Å². The molecular weight excluding hydrogens is 216 g/mol. The fourth-order valence-corrected chi connectivity index (χ4v) is 1.33. The molecule has 1 aromatic carbocycles. The Labute approximate surface area is 91.9 Å². The average Bonchev–Trinajstić information content (AvgIpc) is 2.23. The van der Waals surface area contributed by atoms with Crippen molar-refractivity contribution in [2.24, 2.45) is 11.1 Å². The Hall–Kier alpha value is -1.49. The van der Waals surface area contributed by atoms with Crippen LogP contribution in [0.4, 0.5) is 8.78 Å². The lowest BCUT2D eigenvalue weighted by Crippen LogP contribution is -2.38. The van der Waals surface area contributed by atoms with Crippen LogP contribution in [0.2, 0.25) is 0 Å². The molecule has 0 amide bonds. The minimum atomic E-state index is -1.36. The van der Waals surface area contributed by atoms with Gasteiger partial charge in [0.15, 0.2) is 0 Å². The van der Waals surface area contributed by atoms with Crippen LogP contribution in [0.25, 0.3) is 0 Å². The number of halogens is 2. The standard InChI is InChI=1S/C11H13F2NO2/c1-11(6-14,10(15)16)5-7-8(12)3-2-4-9(7)13/h2-4H,5-6,14H2,1H3,(H,15,16). The number of benzene rings is 1. The van der Waals surface area contributed by atoms with E-state index in [9.17, 15) is 13.6 Å². The van der Waals surface area contributed by atoms with Crippen LogP contribution in [0, 0.1) is 17.0 Å². The lowest BCUT2D eigenvalue weighted by molar-refractivity contribution is -0.147. The summed E-state index contributed by atoms with van der Waals surface area (Å²) >= 11 is 0. The van der Waals surface area contributed by atoms with Crippen molar-refractivity contribution in [2.45, 2.75) is 13.3 Å². The van der Waals surface area contributed by atoms with Crippen molar-refractivity contribution < 1.29 is 18.7 Å². The van der Waals surface area contributed by atoms with Gasteiger partial charge in [0.2, 0.25) is 0 Å². The van der Waals surface area contributed by atoms with Gasteiger partial charge in [-0.1, -0.05) is 6.07 Å². The van der Waals surface area contributed by atoms with Crippen LogP contribution in [0.1, 0.15) is 12.5 Å². The molecule has 0 radical (unpaired) electrons. The summed E-state index contributed by atoms with van der Waals surface area (Å²) in [5.74, 6) is -2.67. The van der Waals surface area contributed by atoms with E-state index >= 15 is 0 Å². The number of carboxylic acid groups (broad SMARTS) is 1. The third kappa shape index (κ3) is 2.36. The summed E-state index contributed by atoms with van der Waals surface area (Å²) in [6.45, 7) is 1.18. The Morgan fingerprint density at radius 3 is 2.31 bits per heavy atom. The summed E-state index contributed by atoms with van der Waals surface area (Å²) in [6, 6.07) is 3.42. The minimum absolute atomic E-state index is 0.184. The van der Waals surface area contributed by atoms with Gasteiger partial charge in [-0.2, -0.15) is 0 Å². The molecule has 0 aromatic heterocycles. The van der Waals surface area contributed by atoms with E-state index in [4.69, 9.17) is 10.8 Å². The lowest BCUT2D eigenvalue weighted by atomic mass is 9.83.